The maximum atomic E-state index is 12.6. The second-order valence-electron chi connectivity index (χ2n) is 4.63. The van der Waals surface area contributed by atoms with E-state index < -0.39 is 20.6 Å². The normalized spacial score (nSPS) is 16.2. The first-order valence-electron chi connectivity index (χ1n) is 6.20. The number of nitrogens with zero attached hydrogens (tertiary/aromatic N) is 3. The average Bonchev–Trinajstić information content (AvgIpc) is 3.04. The molecule has 0 atom stereocenters. The van der Waals surface area contributed by atoms with Gasteiger partial charge in [-0.1, -0.05) is 24.4 Å². The summed E-state index contributed by atoms with van der Waals surface area (Å²) in [5, 5.41) is 19.6. The van der Waals surface area contributed by atoms with Gasteiger partial charge in [0.05, 0.1) is 11.0 Å². The molecule has 114 valence electrons. The average molecular weight is 350 g/mol. The third kappa shape index (κ3) is 3.18. The summed E-state index contributed by atoms with van der Waals surface area (Å²) in [6, 6.07) is 2.58. The van der Waals surface area contributed by atoms with E-state index in [9.17, 15) is 18.5 Å². The van der Waals surface area contributed by atoms with Gasteiger partial charge in [-0.2, -0.15) is 9.57 Å². The Balaban J connectivity index is 2.40. The minimum absolute atomic E-state index is 0.179. The third-order valence-electron chi connectivity index (χ3n) is 3.36. The number of rotatable bonds is 5. The topological polar surface area (TPSA) is 104 Å². The van der Waals surface area contributed by atoms with Crippen LogP contribution in [-0.4, -0.2) is 30.2 Å². The molecule has 0 amide bonds. The van der Waals surface area contributed by atoms with Crippen LogP contribution in [0.1, 0.15) is 25.7 Å². The number of thiophene rings is 1. The first-order valence-corrected chi connectivity index (χ1v) is 8.84. The third-order valence-corrected chi connectivity index (χ3v) is 7.05. The zero-order valence-electron chi connectivity index (χ0n) is 10.9. The molecule has 0 bridgehead atoms. The first kappa shape index (κ1) is 16.2. The van der Waals surface area contributed by atoms with Gasteiger partial charge in [-0.3, -0.25) is 10.1 Å². The molecule has 0 N–H and O–H groups in total. The quantitative estimate of drug-likeness (QED) is 0.461. The van der Waals surface area contributed by atoms with E-state index in [-0.39, 0.29) is 21.1 Å². The highest BCUT2D eigenvalue weighted by atomic mass is 35.5. The van der Waals surface area contributed by atoms with Gasteiger partial charge in [-0.25, -0.2) is 8.42 Å². The highest BCUT2D eigenvalue weighted by Gasteiger charge is 2.36. The Morgan fingerprint density at radius 1 is 1.52 bits per heavy atom. The number of nitriles is 1. The molecule has 1 aromatic heterocycles. The number of nitro groups is 1. The fourth-order valence-electron chi connectivity index (χ4n) is 2.38. The van der Waals surface area contributed by atoms with Crippen LogP contribution >= 0.6 is 22.9 Å². The lowest BCUT2D eigenvalue weighted by Crippen LogP contribution is -2.38. The molecular formula is C11H12ClN3O4S2. The monoisotopic (exact) mass is 349 g/mol. The van der Waals surface area contributed by atoms with Crippen molar-refractivity contribution < 1.29 is 13.3 Å². The predicted octanol–water partition coefficient (Wildman–Crippen LogP) is 2.77. The van der Waals surface area contributed by atoms with Gasteiger partial charge in [-0.15, -0.1) is 11.3 Å². The fourth-order valence-corrected chi connectivity index (χ4v) is 5.75. The van der Waals surface area contributed by atoms with Gasteiger partial charge in [0.25, 0.3) is 15.7 Å². The van der Waals surface area contributed by atoms with Gasteiger partial charge in [-0.05, 0) is 12.8 Å². The van der Waals surface area contributed by atoms with Crippen LogP contribution in [-0.2, 0) is 10.0 Å². The minimum Gasteiger partial charge on any atom is -0.258 e. The summed E-state index contributed by atoms with van der Waals surface area (Å²) in [4.78, 5) is 10.1. The highest BCUT2D eigenvalue weighted by molar-refractivity contribution is 7.91. The van der Waals surface area contributed by atoms with E-state index in [1.165, 1.54) is 0 Å². The van der Waals surface area contributed by atoms with Crippen LogP contribution in [0.3, 0.4) is 0 Å². The molecule has 0 unspecified atom stereocenters. The standard InChI is InChI=1S/C11H12ClN3O4S2/c12-11-9(15(16)17)7-10(20-11)21(18,19)14(6-5-13)8-3-1-2-4-8/h7-8H,1-4,6H2. The largest absolute Gasteiger partial charge is 0.300 e. The number of sulfonamides is 1. The summed E-state index contributed by atoms with van der Waals surface area (Å²) in [5.74, 6) is 0. The molecule has 0 spiro atoms. The first-order chi connectivity index (χ1) is 9.87. The lowest BCUT2D eigenvalue weighted by Gasteiger charge is -2.24. The van der Waals surface area contributed by atoms with Gasteiger partial charge in [0.2, 0.25) is 0 Å². The molecule has 0 saturated heterocycles. The Labute approximate surface area is 130 Å². The van der Waals surface area contributed by atoms with E-state index in [1.807, 2.05) is 6.07 Å². The lowest BCUT2D eigenvalue weighted by molar-refractivity contribution is -0.384. The van der Waals surface area contributed by atoms with Gasteiger partial charge < -0.3 is 0 Å². The SMILES string of the molecule is N#CCN(C1CCCC1)S(=O)(=O)c1cc([N+](=O)[O-])c(Cl)s1. The second kappa shape index (κ2) is 6.27. The van der Waals surface area contributed by atoms with Crippen LogP contribution in [0.15, 0.2) is 10.3 Å². The molecule has 2 rings (SSSR count). The fraction of sp³-hybridized carbons (Fsp3) is 0.545. The Hall–Kier alpha value is -1.21. The lowest BCUT2D eigenvalue weighted by atomic mass is 10.2. The van der Waals surface area contributed by atoms with Crippen LogP contribution in [0.25, 0.3) is 0 Å². The summed E-state index contributed by atoms with van der Waals surface area (Å²) in [6.07, 6.45) is 3.21. The van der Waals surface area contributed by atoms with E-state index in [0.29, 0.717) is 24.2 Å². The van der Waals surface area contributed by atoms with Crippen LogP contribution in [0.4, 0.5) is 5.69 Å². The van der Waals surface area contributed by atoms with Crippen molar-refractivity contribution in [1.82, 2.24) is 4.31 Å². The van der Waals surface area contributed by atoms with Crippen LogP contribution in [0.5, 0.6) is 0 Å². The predicted molar refractivity (Wildman–Crippen MR) is 77.7 cm³/mol. The molecule has 1 aliphatic carbocycles. The molecule has 1 aromatic rings. The molecule has 1 fully saturated rings. The molecule has 1 aliphatic rings. The number of hydrogen-bond acceptors (Lipinski definition) is 6. The van der Waals surface area contributed by atoms with Crippen molar-refractivity contribution in [3.63, 3.8) is 0 Å². The molecule has 0 radical (unpaired) electrons. The molecule has 21 heavy (non-hydrogen) atoms. The summed E-state index contributed by atoms with van der Waals surface area (Å²) >= 11 is 6.36. The Kier molecular flexibility index (Phi) is 4.83. The molecule has 1 saturated carbocycles. The molecule has 0 aromatic carbocycles. The van der Waals surface area contributed by atoms with Crippen molar-refractivity contribution in [3.8, 4) is 6.07 Å². The summed E-state index contributed by atoms with van der Waals surface area (Å²) in [6.45, 7) is -0.268. The molecule has 10 heteroatoms. The highest BCUT2D eigenvalue weighted by Crippen LogP contribution is 2.38. The van der Waals surface area contributed by atoms with Gasteiger partial charge in [0, 0.05) is 12.1 Å². The van der Waals surface area contributed by atoms with Gasteiger partial charge in [0.15, 0.2) is 4.34 Å². The summed E-state index contributed by atoms with van der Waals surface area (Å²) in [5.41, 5.74) is -0.427. The van der Waals surface area contributed by atoms with E-state index in [4.69, 9.17) is 16.9 Å². The minimum atomic E-state index is -3.94. The Morgan fingerprint density at radius 2 is 2.14 bits per heavy atom. The van der Waals surface area contributed by atoms with Gasteiger partial charge in [0.1, 0.15) is 10.8 Å². The van der Waals surface area contributed by atoms with E-state index in [0.717, 1.165) is 23.2 Å². The smallest absolute Gasteiger partial charge is 0.258 e. The van der Waals surface area contributed by atoms with E-state index >= 15 is 0 Å². The molecule has 7 nitrogen and oxygen atoms in total. The van der Waals surface area contributed by atoms with Crippen molar-refractivity contribution in [1.29, 1.82) is 5.26 Å². The summed E-state index contributed by atoms with van der Waals surface area (Å²) < 4.78 is 26.0. The van der Waals surface area contributed by atoms with Crippen LogP contribution in [0, 0.1) is 21.4 Å². The van der Waals surface area contributed by atoms with Crippen molar-refractivity contribution in [2.24, 2.45) is 0 Å². The zero-order chi connectivity index (χ0) is 15.6. The van der Waals surface area contributed by atoms with Crippen molar-refractivity contribution in [2.75, 3.05) is 6.54 Å². The molecule has 0 aliphatic heterocycles. The number of halogens is 1. The summed E-state index contributed by atoms with van der Waals surface area (Å²) in [7, 11) is -3.94. The van der Waals surface area contributed by atoms with E-state index in [1.54, 1.807) is 0 Å². The maximum absolute atomic E-state index is 12.6. The Morgan fingerprint density at radius 3 is 2.62 bits per heavy atom. The zero-order valence-corrected chi connectivity index (χ0v) is 13.2. The van der Waals surface area contributed by atoms with Crippen molar-refractivity contribution >= 4 is 38.6 Å². The van der Waals surface area contributed by atoms with Crippen LogP contribution < -0.4 is 0 Å². The van der Waals surface area contributed by atoms with Gasteiger partial charge >= 0.3 is 0 Å². The van der Waals surface area contributed by atoms with Crippen molar-refractivity contribution in [2.45, 2.75) is 35.9 Å². The second-order valence-corrected chi connectivity index (χ2v) is 8.40. The molecule has 1 heterocycles. The Bertz CT molecular complexity index is 689. The van der Waals surface area contributed by atoms with Crippen LogP contribution in [0.2, 0.25) is 4.34 Å². The number of hydrogen-bond donors (Lipinski definition) is 0. The van der Waals surface area contributed by atoms with Crippen molar-refractivity contribution in [3.05, 3.63) is 20.5 Å². The maximum Gasteiger partial charge on any atom is 0.300 e. The van der Waals surface area contributed by atoms with E-state index in [2.05, 4.69) is 0 Å². The molecular weight excluding hydrogens is 338 g/mol.